The van der Waals surface area contributed by atoms with Crippen LogP contribution in [0.2, 0.25) is 0 Å². The molecule has 3 N–H and O–H groups in total. The minimum Gasteiger partial charge on any atom is -0.409 e. The third-order valence-electron chi connectivity index (χ3n) is 3.13. The zero-order chi connectivity index (χ0) is 15.2. The number of carbonyl (C=O) groups excluding carboxylic acids is 1. The van der Waals surface area contributed by atoms with Crippen LogP contribution in [0.1, 0.15) is 27.7 Å². The lowest BCUT2D eigenvalue weighted by molar-refractivity contribution is 0.0754. The van der Waals surface area contributed by atoms with Crippen molar-refractivity contribution in [3.8, 4) is 0 Å². The van der Waals surface area contributed by atoms with E-state index >= 15 is 0 Å². The Morgan fingerprint density at radius 1 is 1.29 bits per heavy atom. The summed E-state index contributed by atoms with van der Waals surface area (Å²) in [5.74, 6) is -0.00288. The van der Waals surface area contributed by atoms with Crippen molar-refractivity contribution < 1.29 is 10.0 Å². The number of rotatable bonds is 5. The van der Waals surface area contributed by atoms with Crippen LogP contribution < -0.4 is 5.73 Å². The van der Waals surface area contributed by atoms with Gasteiger partial charge in [-0.3, -0.25) is 4.79 Å². The van der Waals surface area contributed by atoms with Crippen LogP contribution in [-0.2, 0) is 6.54 Å². The van der Waals surface area contributed by atoms with Crippen LogP contribution in [0.4, 0.5) is 0 Å². The van der Waals surface area contributed by atoms with Gasteiger partial charge in [0.1, 0.15) is 0 Å². The highest BCUT2D eigenvalue weighted by atomic mass is 32.1. The Morgan fingerprint density at radius 2 is 1.95 bits per heavy atom. The van der Waals surface area contributed by atoms with Gasteiger partial charge < -0.3 is 15.8 Å². The zero-order valence-electron chi connectivity index (χ0n) is 11.7. The molecule has 2 aromatic rings. The van der Waals surface area contributed by atoms with Crippen molar-refractivity contribution in [2.75, 3.05) is 6.54 Å². The van der Waals surface area contributed by atoms with Crippen molar-refractivity contribution in [1.29, 1.82) is 0 Å². The monoisotopic (exact) mass is 303 g/mol. The fourth-order valence-corrected chi connectivity index (χ4v) is 2.66. The molecule has 0 saturated carbocycles. The normalized spacial score (nSPS) is 11.4. The Morgan fingerprint density at radius 3 is 2.48 bits per heavy atom. The van der Waals surface area contributed by atoms with Crippen molar-refractivity contribution in [3.05, 3.63) is 57.8 Å². The summed E-state index contributed by atoms with van der Waals surface area (Å²) < 4.78 is 0. The molecule has 110 valence electrons. The average molecular weight is 303 g/mol. The molecular weight excluding hydrogens is 286 g/mol. The zero-order valence-corrected chi connectivity index (χ0v) is 12.5. The highest BCUT2D eigenvalue weighted by Crippen LogP contribution is 2.14. The standard InChI is InChI=1S/C15H17N3O2S/c1-2-18(10-13-4-3-9-21-13)15(19)12-7-5-11(6-8-12)14(16)17-20/h3-9,20H,2,10H2,1H3,(H2,16,17). The lowest BCUT2D eigenvalue weighted by Crippen LogP contribution is -2.30. The molecule has 1 aromatic carbocycles. The molecule has 1 amide bonds. The molecule has 0 bridgehead atoms. The second kappa shape index (κ2) is 6.90. The summed E-state index contributed by atoms with van der Waals surface area (Å²) in [6, 6.07) is 10.7. The highest BCUT2D eigenvalue weighted by Gasteiger charge is 2.15. The molecule has 0 unspecified atom stereocenters. The molecule has 0 fully saturated rings. The lowest BCUT2D eigenvalue weighted by Gasteiger charge is -2.20. The number of oxime groups is 1. The molecule has 0 saturated heterocycles. The molecule has 0 spiro atoms. The van der Waals surface area contributed by atoms with Crippen LogP contribution in [0, 0.1) is 0 Å². The van der Waals surface area contributed by atoms with E-state index in [0.717, 1.165) is 4.88 Å². The molecule has 0 aliphatic heterocycles. The lowest BCUT2D eigenvalue weighted by atomic mass is 10.1. The second-order valence-corrected chi connectivity index (χ2v) is 5.49. The van der Waals surface area contributed by atoms with Gasteiger partial charge in [-0.05, 0) is 30.5 Å². The molecule has 5 nitrogen and oxygen atoms in total. The van der Waals surface area contributed by atoms with Crippen LogP contribution in [0.5, 0.6) is 0 Å². The summed E-state index contributed by atoms with van der Waals surface area (Å²) in [5, 5.41) is 13.6. The molecule has 1 aromatic heterocycles. The number of amidine groups is 1. The van der Waals surface area contributed by atoms with Crippen LogP contribution in [0.3, 0.4) is 0 Å². The fourth-order valence-electron chi connectivity index (χ4n) is 1.94. The van der Waals surface area contributed by atoms with Crippen LogP contribution in [0.25, 0.3) is 0 Å². The molecule has 2 rings (SSSR count). The number of hydrogen-bond acceptors (Lipinski definition) is 4. The van der Waals surface area contributed by atoms with Gasteiger partial charge in [0, 0.05) is 22.5 Å². The summed E-state index contributed by atoms with van der Waals surface area (Å²) in [4.78, 5) is 15.4. The highest BCUT2D eigenvalue weighted by molar-refractivity contribution is 7.09. The van der Waals surface area contributed by atoms with Crippen LogP contribution in [-0.4, -0.2) is 28.4 Å². The van der Waals surface area contributed by atoms with E-state index in [1.54, 1.807) is 40.5 Å². The fraction of sp³-hybridized carbons (Fsp3) is 0.200. The summed E-state index contributed by atoms with van der Waals surface area (Å²) in [7, 11) is 0. The quantitative estimate of drug-likeness (QED) is 0.385. The number of nitrogens with zero attached hydrogens (tertiary/aromatic N) is 2. The topological polar surface area (TPSA) is 78.9 Å². The Labute approximate surface area is 127 Å². The van der Waals surface area contributed by atoms with Gasteiger partial charge in [-0.15, -0.1) is 11.3 Å². The van der Waals surface area contributed by atoms with E-state index in [9.17, 15) is 4.79 Å². The Hall–Kier alpha value is -2.34. The maximum atomic E-state index is 12.5. The smallest absolute Gasteiger partial charge is 0.254 e. The SMILES string of the molecule is CCN(Cc1cccs1)C(=O)c1ccc(C(N)=NO)cc1. The van der Waals surface area contributed by atoms with E-state index in [-0.39, 0.29) is 11.7 Å². The number of amides is 1. The maximum absolute atomic E-state index is 12.5. The van der Waals surface area contributed by atoms with Gasteiger partial charge in [0.05, 0.1) is 6.54 Å². The molecule has 0 atom stereocenters. The van der Waals surface area contributed by atoms with Crippen molar-refractivity contribution in [3.63, 3.8) is 0 Å². The van der Waals surface area contributed by atoms with Gasteiger partial charge in [0.25, 0.3) is 5.91 Å². The third kappa shape index (κ3) is 3.61. The van der Waals surface area contributed by atoms with E-state index in [1.807, 2.05) is 24.4 Å². The first-order valence-electron chi connectivity index (χ1n) is 6.55. The van der Waals surface area contributed by atoms with E-state index in [2.05, 4.69) is 5.16 Å². The summed E-state index contributed by atoms with van der Waals surface area (Å²) in [6.07, 6.45) is 0. The minimum atomic E-state index is -0.0306. The van der Waals surface area contributed by atoms with Gasteiger partial charge in [0.2, 0.25) is 0 Å². The summed E-state index contributed by atoms with van der Waals surface area (Å²) in [5.41, 5.74) is 6.67. The predicted molar refractivity (Wildman–Crippen MR) is 83.7 cm³/mol. The Bertz CT molecular complexity index is 621. The van der Waals surface area contributed by atoms with Crippen molar-refractivity contribution in [2.45, 2.75) is 13.5 Å². The largest absolute Gasteiger partial charge is 0.409 e. The number of nitrogens with two attached hydrogens (primary N) is 1. The van der Waals surface area contributed by atoms with E-state index in [4.69, 9.17) is 10.9 Å². The Balaban J connectivity index is 2.14. The van der Waals surface area contributed by atoms with E-state index in [1.165, 1.54) is 0 Å². The van der Waals surface area contributed by atoms with Gasteiger partial charge >= 0.3 is 0 Å². The van der Waals surface area contributed by atoms with Crippen molar-refractivity contribution in [1.82, 2.24) is 4.90 Å². The van der Waals surface area contributed by atoms with Crippen molar-refractivity contribution >= 4 is 23.1 Å². The predicted octanol–water partition coefficient (Wildman–Crippen LogP) is 2.50. The van der Waals surface area contributed by atoms with Crippen LogP contribution in [0.15, 0.2) is 46.9 Å². The first-order valence-corrected chi connectivity index (χ1v) is 7.43. The van der Waals surface area contributed by atoms with Gasteiger partial charge in [0.15, 0.2) is 5.84 Å². The van der Waals surface area contributed by atoms with Gasteiger partial charge in [-0.1, -0.05) is 23.4 Å². The number of thiophene rings is 1. The first-order chi connectivity index (χ1) is 10.2. The minimum absolute atomic E-state index is 0.0277. The third-order valence-corrected chi connectivity index (χ3v) is 3.99. The first kappa shape index (κ1) is 15.1. The summed E-state index contributed by atoms with van der Waals surface area (Å²) >= 11 is 1.63. The molecule has 0 radical (unpaired) electrons. The molecule has 0 aliphatic carbocycles. The molecule has 21 heavy (non-hydrogen) atoms. The van der Waals surface area contributed by atoms with E-state index in [0.29, 0.717) is 24.2 Å². The van der Waals surface area contributed by atoms with Gasteiger partial charge in [-0.25, -0.2) is 0 Å². The van der Waals surface area contributed by atoms with Crippen molar-refractivity contribution in [2.24, 2.45) is 10.9 Å². The van der Waals surface area contributed by atoms with E-state index < -0.39 is 0 Å². The number of carbonyl (C=O) groups is 1. The second-order valence-electron chi connectivity index (χ2n) is 4.46. The molecule has 1 heterocycles. The Kier molecular flexibility index (Phi) is 4.94. The van der Waals surface area contributed by atoms with Crippen LogP contribution >= 0.6 is 11.3 Å². The molecule has 0 aliphatic rings. The number of hydrogen-bond donors (Lipinski definition) is 2. The average Bonchev–Trinajstić information content (AvgIpc) is 3.04. The maximum Gasteiger partial charge on any atom is 0.254 e. The molecular formula is C15H17N3O2S. The molecule has 6 heteroatoms. The summed E-state index contributed by atoms with van der Waals surface area (Å²) in [6.45, 7) is 3.20. The van der Waals surface area contributed by atoms with Gasteiger partial charge in [-0.2, -0.15) is 0 Å². The number of benzene rings is 1.